The first kappa shape index (κ1) is 21.7. The van der Waals surface area contributed by atoms with Gasteiger partial charge in [-0.2, -0.15) is 0 Å². The van der Waals surface area contributed by atoms with Crippen LogP contribution in [0.4, 0.5) is 0 Å². The molecule has 1 heterocycles. The molecule has 0 bridgehead atoms. The molecule has 1 aliphatic heterocycles. The van der Waals surface area contributed by atoms with Gasteiger partial charge < -0.3 is 29.5 Å². The number of methoxy groups -OCH3 is 2. The van der Waals surface area contributed by atoms with E-state index in [0.717, 1.165) is 68.8 Å². The Morgan fingerprint density at radius 1 is 1.19 bits per heavy atom. The molecule has 0 spiro atoms. The highest BCUT2D eigenvalue weighted by atomic mass is 32.1. The molecule has 152 valence electrons. The lowest BCUT2D eigenvalue weighted by Gasteiger charge is -2.34. The topological polar surface area (TPSA) is 42.6 Å². The third kappa shape index (κ3) is 6.52. The van der Waals surface area contributed by atoms with Crippen molar-refractivity contribution < 1.29 is 19.3 Å². The van der Waals surface area contributed by atoms with Gasteiger partial charge in [0, 0.05) is 18.5 Å². The molecule has 27 heavy (non-hydrogen) atoms. The van der Waals surface area contributed by atoms with Crippen LogP contribution in [-0.2, 0) is 6.54 Å². The van der Waals surface area contributed by atoms with Crippen LogP contribution in [0.2, 0.25) is 0 Å². The predicted octanol–water partition coefficient (Wildman–Crippen LogP) is -0.878. The van der Waals surface area contributed by atoms with Gasteiger partial charge in [0.15, 0.2) is 16.6 Å². The lowest BCUT2D eigenvalue weighted by molar-refractivity contribution is -0.917. The van der Waals surface area contributed by atoms with Crippen molar-refractivity contribution in [3.63, 3.8) is 0 Å². The van der Waals surface area contributed by atoms with Crippen LogP contribution < -0.4 is 24.6 Å². The zero-order valence-corrected chi connectivity index (χ0v) is 18.3. The molecule has 1 fully saturated rings. The van der Waals surface area contributed by atoms with E-state index in [1.165, 1.54) is 16.0 Å². The fourth-order valence-electron chi connectivity index (χ4n) is 3.43. The maximum atomic E-state index is 5.57. The van der Waals surface area contributed by atoms with E-state index in [-0.39, 0.29) is 0 Å². The molecule has 1 aromatic carbocycles. The average Bonchev–Trinajstić information content (AvgIpc) is 2.66. The zero-order valence-electron chi connectivity index (χ0n) is 17.5. The van der Waals surface area contributed by atoms with Crippen molar-refractivity contribution in [3.05, 3.63) is 23.3 Å². The normalized spacial score (nSPS) is 15.1. The summed E-state index contributed by atoms with van der Waals surface area (Å²) in [5.41, 5.74) is 2.57. The van der Waals surface area contributed by atoms with E-state index in [9.17, 15) is 0 Å². The number of thiocarbonyl (C=S) groups is 1. The molecule has 7 heteroatoms. The van der Waals surface area contributed by atoms with Crippen molar-refractivity contribution >= 4 is 17.3 Å². The van der Waals surface area contributed by atoms with Gasteiger partial charge in [-0.3, -0.25) is 0 Å². The maximum absolute atomic E-state index is 5.57. The molecule has 0 amide bonds. The molecule has 1 aliphatic rings. The minimum Gasteiger partial charge on any atom is -0.493 e. The number of rotatable bonds is 8. The van der Waals surface area contributed by atoms with Crippen LogP contribution >= 0.6 is 12.2 Å². The number of aryl methyl sites for hydroxylation is 1. The summed E-state index contributed by atoms with van der Waals surface area (Å²) in [5.74, 6) is 1.60. The smallest absolute Gasteiger partial charge is 0.169 e. The molecule has 1 aromatic rings. The third-order valence-electron chi connectivity index (χ3n) is 5.17. The van der Waals surface area contributed by atoms with Gasteiger partial charge in [-0.15, -0.1) is 0 Å². The van der Waals surface area contributed by atoms with Crippen molar-refractivity contribution in [3.8, 4) is 11.5 Å². The highest BCUT2D eigenvalue weighted by Crippen LogP contribution is 2.29. The van der Waals surface area contributed by atoms with E-state index in [1.807, 2.05) is 0 Å². The first-order valence-electron chi connectivity index (χ1n) is 9.81. The van der Waals surface area contributed by atoms with Crippen LogP contribution in [0.1, 0.15) is 17.5 Å². The molecule has 0 saturated carbocycles. The van der Waals surface area contributed by atoms with Crippen molar-refractivity contribution in [2.45, 2.75) is 19.9 Å². The van der Waals surface area contributed by atoms with Crippen molar-refractivity contribution in [1.82, 2.24) is 10.2 Å². The monoisotopic (exact) mass is 396 g/mol. The first-order chi connectivity index (χ1) is 12.9. The second kappa shape index (κ2) is 10.7. The molecular formula is C20H36N4O2S+2. The first-order valence-corrected chi connectivity index (χ1v) is 10.2. The van der Waals surface area contributed by atoms with Gasteiger partial charge in [-0.05, 0) is 36.8 Å². The highest BCUT2D eigenvalue weighted by Gasteiger charge is 2.23. The molecule has 6 nitrogen and oxygen atoms in total. The van der Waals surface area contributed by atoms with E-state index in [0.29, 0.717) is 0 Å². The number of piperazine rings is 1. The van der Waals surface area contributed by atoms with Gasteiger partial charge in [-0.1, -0.05) is 0 Å². The third-order valence-corrected chi connectivity index (χ3v) is 5.57. The fraction of sp³-hybridized carbons (Fsp3) is 0.650. The van der Waals surface area contributed by atoms with Crippen LogP contribution in [0.3, 0.4) is 0 Å². The lowest BCUT2D eigenvalue weighted by atomic mass is 10.1. The summed E-state index contributed by atoms with van der Waals surface area (Å²) in [6.07, 6.45) is 1.15. The quantitative estimate of drug-likeness (QED) is 0.394. The number of ether oxygens (including phenoxy) is 2. The number of benzene rings is 1. The van der Waals surface area contributed by atoms with Crippen LogP contribution in [-0.4, -0.2) is 77.6 Å². The average molecular weight is 397 g/mol. The Labute approximate surface area is 169 Å². The number of hydrogen-bond donors (Lipinski definition) is 3. The van der Waals surface area contributed by atoms with E-state index in [1.54, 1.807) is 19.1 Å². The standard InChI is InChI=1S/C20H34N4O2S/c1-16-13-18(25-4)19(26-5)14-17(16)15-23-9-11-24(12-10-23)20(27)21-7-6-8-22(2)3/h13-14H,6-12,15H2,1-5H3,(H,21,27)/p+2. The minimum atomic E-state index is 0.797. The second-order valence-corrected chi connectivity index (χ2v) is 7.98. The van der Waals surface area contributed by atoms with Crippen LogP contribution in [0.15, 0.2) is 12.1 Å². The minimum absolute atomic E-state index is 0.797. The lowest BCUT2D eigenvalue weighted by Crippen LogP contribution is -3.13. The summed E-state index contributed by atoms with van der Waals surface area (Å²) >= 11 is 5.57. The van der Waals surface area contributed by atoms with Gasteiger partial charge in [-0.25, -0.2) is 0 Å². The summed E-state index contributed by atoms with van der Waals surface area (Å²) in [6, 6.07) is 4.19. The van der Waals surface area contributed by atoms with Gasteiger partial charge in [0.25, 0.3) is 0 Å². The Morgan fingerprint density at radius 2 is 1.81 bits per heavy atom. The Kier molecular flexibility index (Phi) is 8.60. The van der Waals surface area contributed by atoms with E-state index < -0.39 is 0 Å². The Morgan fingerprint density at radius 3 is 2.41 bits per heavy atom. The zero-order chi connectivity index (χ0) is 19.8. The van der Waals surface area contributed by atoms with Gasteiger partial charge in [0.1, 0.15) is 6.54 Å². The Hall–Kier alpha value is -1.57. The summed E-state index contributed by atoms with van der Waals surface area (Å²) in [6.45, 7) is 9.47. The van der Waals surface area contributed by atoms with E-state index in [2.05, 4.69) is 43.4 Å². The molecule has 1 saturated heterocycles. The molecule has 0 aliphatic carbocycles. The Bertz CT molecular complexity index is 616. The molecule has 0 aromatic heterocycles. The number of quaternary nitrogens is 2. The van der Waals surface area contributed by atoms with Crippen LogP contribution in [0.25, 0.3) is 0 Å². The molecule has 3 N–H and O–H groups in total. The number of nitrogens with zero attached hydrogens (tertiary/aromatic N) is 1. The number of nitrogens with one attached hydrogen (secondary N) is 3. The predicted molar refractivity (Wildman–Crippen MR) is 113 cm³/mol. The Balaban J connectivity index is 1.81. The second-order valence-electron chi connectivity index (χ2n) is 7.59. The van der Waals surface area contributed by atoms with E-state index in [4.69, 9.17) is 21.7 Å². The summed E-state index contributed by atoms with van der Waals surface area (Å²) in [7, 11) is 7.73. The van der Waals surface area contributed by atoms with Crippen molar-refractivity contribution in [1.29, 1.82) is 0 Å². The van der Waals surface area contributed by atoms with Gasteiger partial charge >= 0.3 is 0 Å². The summed E-state index contributed by atoms with van der Waals surface area (Å²) in [5, 5.41) is 4.32. The van der Waals surface area contributed by atoms with Crippen molar-refractivity contribution in [2.75, 3.05) is 67.6 Å². The van der Waals surface area contributed by atoms with Crippen LogP contribution in [0.5, 0.6) is 11.5 Å². The SMILES string of the molecule is COc1cc(C)c(C[NH+]2CCN(C(=S)NCCC[NH+](C)C)CC2)cc1OC. The summed E-state index contributed by atoms with van der Waals surface area (Å²) in [4.78, 5) is 5.37. The molecule has 0 radical (unpaired) electrons. The highest BCUT2D eigenvalue weighted by molar-refractivity contribution is 7.80. The van der Waals surface area contributed by atoms with E-state index >= 15 is 0 Å². The summed E-state index contributed by atoms with van der Waals surface area (Å²) < 4.78 is 10.9. The van der Waals surface area contributed by atoms with Crippen molar-refractivity contribution in [2.24, 2.45) is 0 Å². The fourth-order valence-corrected chi connectivity index (χ4v) is 3.72. The molecular weight excluding hydrogens is 360 g/mol. The van der Waals surface area contributed by atoms with Crippen LogP contribution in [0, 0.1) is 6.92 Å². The molecule has 2 rings (SSSR count). The molecule has 0 atom stereocenters. The van der Waals surface area contributed by atoms with Gasteiger partial charge in [0.2, 0.25) is 0 Å². The van der Waals surface area contributed by atoms with Gasteiger partial charge in [0.05, 0.1) is 61.0 Å². The maximum Gasteiger partial charge on any atom is 0.169 e. The molecule has 0 unspecified atom stereocenters. The largest absolute Gasteiger partial charge is 0.493 e. The number of hydrogen-bond acceptors (Lipinski definition) is 3.